The van der Waals surface area contributed by atoms with Gasteiger partial charge in [-0.1, -0.05) is 12.8 Å². The van der Waals surface area contributed by atoms with Crippen molar-refractivity contribution in [2.45, 2.75) is 38.1 Å². The van der Waals surface area contributed by atoms with E-state index in [1.165, 1.54) is 45.2 Å². The Morgan fingerprint density at radius 1 is 1.35 bits per heavy atom. The van der Waals surface area contributed by atoms with Crippen LogP contribution < -0.4 is 11.1 Å². The van der Waals surface area contributed by atoms with E-state index >= 15 is 0 Å². The highest BCUT2D eigenvalue weighted by Gasteiger charge is 2.19. The zero-order chi connectivity index (χ0) is 11.4. The van der Waals surface area contributed by atoms with E-state index in [0.717, 1.165) is 6.54 Å². The summed E-state index contributed by atoms with van der Waals surface area (Å²) < 4.78 is 0. The van der Waals surface area contributed by atoms with Gasteiger partial charge in [-0.3, -0.25) is 4.99 Å². The van der Waals surface area contributed by atoms with Crippen molar-refractivity contribution < 1.29 is 0 Å². The SMILES string of the molecule is CN1CCC(CN=C(N)NC2CCCC2)C1.I. The van der Waals surface area contributed by atoms with Crippen LogP contribution in [-0.2, 0) is 0 Å². The summed E-state index contributed by atoms with van der Waals surface area (Å²) in [5, 5.41) is 3.33. The van der Waals surface area contributed by atoms with Crippen molar-refractivity contribution in [3.8, 4) is 0 Å². The number of guanidine groups is 1. The average Bonchev–Trinajstić information content (AvgIpc) is 2.87. The molecule has 2 aliphatic rings. The Kier molecular flexibility index (Phi) is 6.54. The van der Waals surface area contributed by atoms with Crippen LogP contribution in [0, 0.1) is 5.92 Å². The molecule has 2 fully saturated rings. The molecule has 100 valence electrons. The summed E-state index contributed by atoms with van der Waals surface area (Å²) in [6.07, 6.45) is 6.43. The summed E-state index contributed by atoms with van der Waals surface area (Å²) in [5.74, 6) is 1.36. The minimum absolute atomic E-state index is 0. The summed E-state index contributed by atoms with van der Waals surface area (Å²) in [6.45, 7) is 3.26. The van der Waals surface area contributed by atoms with Crippen molar-refractivity contribution in [1.82, 2.24) is 10.2 Å². The lowest BCUT2D eigenvalue weighted by Crippen LogP contribution is -2.38. The molecule has 0 aromatic rings. The van der Waals surface area contributed by atoms with Crippen molar-refractivity contribution in [3.63, 3.8) is 0 Å². The van der Waals surface area contributed by atoms with Gasteiger partial charge in [-0.05, 0) is 38.8 Å². The minimum Gasteiger partial charge on any atom is -0.370 e. The van der Waals surface area contributed by atoms with Crippen molar-refractivity contribution in [3.05, 3.63) is 0 Å². The predicted octanol–water partition coefficient (Wildman–Crippen LogP) is 1.40. The fraction of sp³-hybridized carbons (Fsp3) is 0.917. The molecule has 1 unspecified atom stereocenters. The first kappa shape index (κ1) is 15.0. The lowest BCUT2D eigenvalue weighted by Gasteiger charge is -2.13. The van der Waals surface area contributed by atoms with Gasteiger partial charge in [0.25, 0.3) is 0 Å². The molecule has 0 amide bonds. The molecular formula is C12H25IN4. The van der Waals surface area contributed by atoms with Gasteiger partial charge in [-0.2, -0.15) is 0 Å². The van der Waals surface area contributed by atoms with Gasteiger partial charge < -0.3 is 16.0 Å². The van der Waals surface area contributed by atoms with Gasteiger partial charge in [0.2, 0.25) is 0 Å². The van der Waals surface area contributed by atoms with Crippen LogP contribution in [0.5, 0.6) is 0 Å². The molecule has 3 N–H and O–H groups in total. The molecule has 1 heterocycles. The maximum atomic E-state index is 5.89. The molecule has 1 aliphatic carbocycles. The van der Waals surface area contributed by atoms with E-state index in [9.17, 15) is 0 Å². The first-order valence-electron chi connectivity index (χ1n) is 6.49. The molecule has 1 atom stereocenters. The summed E-state index contributed by atoms with van der Waals surface area (Å²) in [5.41, 5.74) is 5.89. The Bertz CT molecular complexity index is 251. The smallest absolute Gasteiger partial charge is 0.188 e. The molecule has 0 bridgehead atoms. The van der Waals surface area contributed by atoms with Crippen LogP contribution in [0.1, 0.15) is 32.1 Å². The molecule has 0 spiro atoms. The van der Waals surface area contributed by atoms with Gasteiger partial charge in [0, 0.05) is 19.1 Å². The number of hydrogen-bond acceptors (Lipinski definition) is 2. The molecule has 0 aromatic carbocycles. The van der Waals surface area contributed by atoms with Gasteiger partial charge in [-0.15, -0.1) is 24.0 Å². The van der Waals surface area contributed by atoms with E-state index in [-0.39, 0.29) is 24.0 Å². The fourth-order valence-electron chi connectivity index (χ4n) is 2.73. The summed E-state index contributed by atoms with van der Waals surface area (Å²) in [4.78, 5) is 6.82. The van der Waals surface area contributed by atoms with Crippen molar-refractivity contribution in [2.75, 3.05) is 26.7 Å². The normalized spacial score (nSPS) is 27.1. The number of nitrogens with two attached hydrogens (primary N) is 1. The Labute approximate surface area is 121 Å². The lowest BCUT2D eigenvalue weighted by atomic mass is 10.1. The average molecular weight is 352 g/mol. The third kappa shape index (κ3) is 4.99. The standard InChI is InChI=1S/C12H24N4.HI/c1-16-7-6-10(9-16)8-14-12(13)15-11-4-2-3-5-11;/h10-11H,2-9H2,1H3,(H3,13,14,15);1H. The number of nitrogens with zero attached hydrogens (tertiary/aromatic N) is 2. The maximum absolute atomic E-state index is 5.89. The fourth-order valence-corrected chi connectivity index (χ4v) is 2.73. The Balaban J connectivity index is 0.00000144. The highest BCUT2D eigenvalue weighted by Crippen LogP contribution is 2.17. The molecule has 4 nitrogen and oxygen atoms in total. The predicted molar refractivity (Wildman–Crippen MR) is 82.9 cm³/mol. The first-order valence-corrected chi connectivity index (χ1v) is 6.49. The Morgan fingerprint density at radius 2 is 2.06 bits per heavy atom. The van der Waals surface area contributed by atoms with E-state index in [1.807, 2.05) is 0 Å². The number of likely N-dealkylation sites (tertiary alicyclic amines) is 1. The van der Waals surface area contributed by atoms with Crippen LogP contribution in [0.25, 0.3) is 0 Å². The molecule has 0 aromatic heterocycles. The number of halogens is 1. The van der Waals surface area contributed by atoms with Gasteiger partial charge in [0.1, 0.15) is 0 Å². The second kappa shape index (κ2) is 7.41. The highest BCUT2D eigenvalue weighted by molar-refractivity contribution is 14.0. The molecule has 1 aliphatic heterocycles. The third-order valence-corrected chi connectivity index (χ3v) is 3.72. The van der Waals surface area contributed by atoms with Gasteiger partial charge in [0.05, 0.1) is 0 Å². The van der Waals surface area contributed by atoms with Crippen LogP contribution >= 0.6 is 24.0 Å². The van der Waals surface area contributed by atoms with Gasteiger partial charge >= 0.3 is 0 Å². The maximum Gasteiger partial charge on any atom is 0.188 e. The third-order valence-electron chi connectivity index (χ3n) is 3.72. The molecule has 0 radical (unpaired) electrons. The largest absolute Gasteiger partial charge is 0.370 e. The molecule has 1 saturated heterocycles. The van der Waals surface area contributed by atoms with Crippen LogP contribution in [0.4, 0.5) is 0 Å². The van der Waals surface area contributed by atoms with Crippen molar-refractivity contribution in [1.29, 1.82) is 0 Å². The molecule has 5 heteroatoms. The van der Waals surface area contributed by atoms with Crippen molar-refractivity contribution in [2.24, 2.45) is 16.6 Å². The summed E-state index contributed by atoms with van der Waals surface area (Å²) in [7, 11) is 2.17. The van der Waals surface area contributed by atoms with E-state index in [2.05, 4.69) is 22.3 Å². The molecule has 2 rings (SSSR count). The zero-order valence-corrected chi connectivity index (χ0v) is 13.0. The van der Waals surface area contributed by atoms with E-state index in [0.29, 0.717) is 17.9 Å². The van der Waals surface area contributed by atoms with Crippen LogP contribution in [-0.4, -0.2) is 43.6 Å². The molecule has 17 heavy (non-hydrogen) atoms. The summed E-state index contributed by atoms with van der Waals surface area (Å²) >= 11 is 0. The quantitative estimate of drug-likeness (QED) is 0.459. The van der Waals surface area contributed by atoms with Crippen LogP contribution in [0.3, 0.4) is 0 Å². The Morgan fingerprint density at radius 3 is 2.65 bits per heavy atom. The number of hydrogen-bond donors (Lipinski definition) is 2. The molecule has 1 saturated carbocycles. The van der Waals surface area contributed by atoms with Gasteiger partial charge in [0.15, 0.2) is 5.96 Å². The zero-order valence-electron chi connectivity index (χ0n) is 10.7. The van der Waals surface area contributed by atoms with E-state index in [1.54, 1.807) is 0 Å². The first-order chi connectivity index (χ1) is 7.74. The number of aliphatic imine (C=N–C) groups is 1. The van der Waals surface area contributed by atoms with Crippen LogP contribution in [0.2, 0.25) is 0 Å². The van der Waals surface area contributed by atoms with E-state index in [4.69, 9.17) is 5.73 Å². The second-order valence-electron chi connectivity index (χ2n) is 5.27. The number of rotatable bonds is 3. The topological polar surface area (TPSA) is 53.6 Å². The summed E-state index contributed by atoms with van der Waals surface area (Å²) in [6, 6.07) is 0.579. The van der Waals surface area contributed by atoms with Crippen LogP contribution in [0.15, 0.2) is 4.99 Å². The number of nitrogens with one attached hydrogen (secondary N) is 1. The van der Waals surface area contributed by atoms with Gasteiger partial charge in [-0.25, -0.2) is 0 Å². The second-order valence-corrected chi connectivity index (χ2v) is 5.27. The van der Waals surface area contributed by atoms with E-state index < -0.39 is 0 Å². The molecular weight excluding hydrogens is 327 g/mol. The monoisotopic (exact) mass is 352 g/mol. The Hall–Kier alpha value is -0.0400. The van der Waals surface area contributed by atoms with Crippen molar-refractivity contribution >= 4 is 29.9 Å². The lowest BCUT2D eigenvalue weighted by molar-refractivity contribution is 0.397. The highest BCUT2D eigenvalue weighted by atomic mass is 127. The minimum atomic E-state index is 0.